The molecule has 3 aromatic carbocycles. The maximum absolute atomic E-state index is 14.1. The molecule has 0 radical (unpaired) electrons. The summed E-state index contributed by atoms with van der Waals surface area (Å²) in [7, 11) is 0. The molecule has 1 N–H and O–H groups in total. The Morgan fingerprint density at radius 3 is 1.85 bits per heavy atom. The second-order valence-electron chi connectivity index (χ2n) is 8.55. The molecule has 0 heterocycles. The largest absolute Gasteiger partial charge is 0.485 e. The molecule has 7 heteroatoms. The van der Waals surface area contributed by atoms with Crippen molar-refractivity contribution in [1.82, 2.24) is 5.32 Å². The fourth-order valence-corrected chi connectivity index (χ4v) is 4.05. The third-order valence-electron chi connectivity index (χ3n) is 6.00. The first-order valence-electron chi connectivity index (χ1n) is 11.5. The fraction of sp³-hybridized carbons (Fsp3) is 0.333. The van der Waals surface area contributed by atoms with Crippen molar-refractivity contribution in [2.24, 2.45) is 0 Å². The van der Waals surface area contributed by atoms with Crippen LogP contribution in [0.25, 0.3) is 0 Å². The number of rotatable bonds is 9. The zero-order valence-electron chi connectivity index (χ0n) is 18.8. The number of benzene rings is 3. The Morgan fingerprint density at radius 2 is 1.26 bits per heavy atom. The van der Waals surface area contributed by atoms with E-state index >= 15 is 0 Å². The summed E-state index contributed by atoms with van der Waals surface area (Å²) in [5, 5.41) is 3.56. The highest BCUT2D eigenvalue weighted by Crippen LogP contribution is 2.31. The van der Waals surface area contributed by atoms with Crippen molar-refractivity contribution in [3.63, 3.8) is 0 Å². The summed E-state index contributed by atoms with van der Waals surface area (Å²) >= 11 is 0. The van der Waals surface area contributed by atoms with Gasteiger partial charge in [-0.2, -0.15) is 0 Å². The van der Waals surface area contributed by atoms with Gasteiger partial charge < -0.3 is 14.8 Å². The van der Waals surface area contributed by atoms with Gasteiger partial charge in [0.2, 0.25) is 0 Å². The van der Waals surface area contributed by atoms with E-state index in [0.29, 0.717) is 24.1 Å². The Balaban J connectivity index is 1.49. The van der Waals surface area contributed by atoms with E-state index in [1.165, 1.54) is 37.5 Å². The summed E-state index contributed by atoms with van der Waals surface area (Å²) in [4.78, 5) is 0. The Hall–Kier alpha value is -3.06. The second-order valence-corrected chi connectivity index (χ2v) is 8.55. The molecule has 0 spiro atoms. The highest BCUT2D eigenvalue weighted by atomic mass is 19.1. The third-order valence-corrected chi connectivity index (χ3v) is 6.00. The van der Waals surface area contributed by atoms with Crippen LogP contribution in [0.15, 0.2) is 54.6 Å². The third kappa shape index (κ3) is 6.50. The van der Waals surface area contributed by atoms with Crippen molar-refractivity contribution in [3.05, 3.63) is 94.6 Å². The summed E-state index contributed by atoms with van der Waals surface area (Å²) < 4.78 is 66.1. The van der Waals surface area contributed by atoms with Crippen molar-refractivity contribution in [1.29, 1.82) is 0 Å². The van der Waals surface area contributed by atoms with E-state index in [1.807, 2.05) is 6.07 Å². The summed E-state index contributed by atoms with van der Waals surface area (Å²) in [6.07, 6.45) is 6.02. The maximum atomic E-state index is 14.1. The molecule has 0 atom stereocenters. The quantitative estimate of drug-likeness (QED) is 0.346. The van der Waals surface area contributed by atoms with Crippen LogP contribution in [0, 0.1) is 23.3 Å². The van der Waals surface area contributed by atoms with Crippen molar-refractivity contribution >= 4 is 0 Å². The second kappa shape index (κ2) is 11.4. The van der Waals surface area contributed by atoms with Crippen LogP contribution in [0.3, 0.4) is 0 Å². The minimum Gasteiger partial charge on any atom is -0.485 e. The Bertz CT molecular complexity index is 1120. The number of nitrogens with one attached hydrogen (secondary N) is 1. The Labute approximate surface area is 196 Å². The lowest BCUT2D eigenvalue weighted by Gasteiger charge is -2.23. The van der Waals surface area contributed by atoms with Crippen LogP contribution in [0.1, 0.15) is 48.8 Å². The van der Waals surface area contributed by atoms with Crippen LogP contribution in [0.2, 0.25) is 0 Å². The van der Waals surface area contributed by atoms with Gasteiger partial charge in [0.25, 0.3) is 0 Å². The van der Waals surface area contributed by atoms with Crippen LogP contribution < -0.4 is 14.8 Å². The first kappa shape index (κ1) is 24.1. The van der Waals surface area contributed by atoms with Gasteiger partial charge in [0, 0.05) is 35.8 Å². The maximum Gasteiger partial charge on any atom is 0.162 e. The van der Waals surface area contributed by atoms with Gasteiger partial charge in [0.1, 0.15) is 36.5 Å². The molecule has 0 amide bonds. The minimum atomic E-state index is -0.704. The molecular weight excluding hydrogens is 446 g/mol. The highest BCUT2D eigenvalue weighted by molar-refractivity contribution is 5.43. The van der Waals surface area contributed by atoms with Crippen LogP contribution in [0.5, 0.6) is 11.5 Å². The zero-order valence-corrected chi connectivity index (χ0v) is 18.8. The minimum absolute atomic E-state index is 0.132. The molecule has 180 valence electrons. The molecule has 1 aliphatic carbocycles. The molecule has 1 aliphatic rings. The summed E-state index contributed by atoms with van der Waals surface area (Å²) in [5.74, 6) is -2.04. The van der Waals surface area contributed by atoms with Crippen molar-refractivity contribution in [2.75, 3.05) is 0 Å². The Morgan fingerprint density at radius 1 is 0.676 bits per heavy atom. The molecular formula is C27H27F4NO2. The van der Waals surface area contributed by atoms with Crippen LogP contribution in [-0.4, -0.2) is 6.04 Å². The van der Waals surface area contributed by atoms with Crippen molar-refractivity contribution < 1.29 is 27.0 Å². The average molecular weight is 474 g/mol. The van der Waals surface area contributed by atoms with E-state index < -0.39 is 23.3 Å². The normalized spacial score (nSPS) is 14.2. The van der Waals surface area contributed by atoms with E-state index in [-0.39, 0.29) is 24.3 Å². The van der Waals surface area contributed by atoms with Gasteiger partial charge in [-0.25, -0.2) is 17.6 Å². The van der Waals surface area contributed by atoms with Crippen LogP contribution >= 0.6 is 0 Å². The topological polar surface area (TPSA) is 30.5 Å². The Kier molecular flexibility index (Phi) is 8.06. The molecule has 1 fully saturated rings. The predicted octanol–water partition coefficient (Wildman–Crippen LogP) is 6.82. The van der Waals surface area contributed by atoms with Crippen molar-refractivity contribution in [2.45, 2.75) is 57.9 Å². The molecule has 0 bridgehead atoms. The standard InChI is InChI=1S/C27H27F4NO2/c28-21-9-7-19(24(30)13-21)16-33-26-11-6-18(15-32-23-4-2-1-3-5-23)12-27(26)34-17-20-8-10-22(29)14-25(20)31/h6-14,23,32H,1-5,15-17H2. The smallest absolute Gasteiger partial charge is 0.162 e. The van der Waals surface area contributed by atoms with Gasteiger partial charge in [0.05, 0.1) is 0 Å². The van der Waals surface area contributed by atoms with Gasteiger partial charge >= 0.3 is 0 Å². The lowest BCUT2D eigenvalue weighted by atomic mass is 9.95. The SMILES string of the molecule is Fc1ccc(COc2ccc(CNC3CCCCC3)cc2OCc2ccc(F)cc2F)c(F)c1. The average Bonchev–Trinajstić information content (AvgIpc) is 2.83. The van der Waals surface area contributed by atoms with Gasteiger partial charge in [-0.3, -0.25) is 0 Å². The van der Waals surface area contributed by atoms with Crippen LogP contribution in [0.4, 0.5) is 17.6 Å². The van der Waals surface area contributed by atoms with Gasteiger partial charge in [-0.15, -0.1) is 0 Å². The molecule has 34 heavy (non-hydrogen) atoms. The van der Waals surface area contributed by atoms with Crippen molar-refractivity contribution in [3.8, 4) is 11.5 Å². The first-order chi connectivity index (χ1) is 16.5. The molecule has 3 nitrogen and oxygen atoms in total. The van der Waals surface area contributed by atoms with Gasteiger partial charge in [-0.1, -0.05) is 25.3 Å². The van der Waals surface area contributed by atoms with E-state index in [4.69, 9.17) is 9.47 Å². The van der Waals surface area contributed by atoms with E-state index in [2.05, 4.69) is 5.32 Å². The molecule has 0 unspecified atom stereocenters. The summed E-state index contributed by atoms with van der Waals surface area (Å²) in [6, 6.07) is 12.5. The number of halogens is 4. The first-order valence-corrected chi connectivity index (χ1v) is 11.5. The molecule has 0 aliphatic heterocycles. The molecule has 1 saturated carbocycles. The van der Waals surface area contributed by atoms with E-state index in [1.54, 1.807) is 12.1 Å². The highest BCUT2D eigenvalue weighted by Gasteiger charge is 2.15. The lowest BCUT2D eigenvalue weighted by molar-refractivity contribution is 0.250. The van der Waals surface area contributed by atoms with Crippen LogP contribution in [-0.2, 0) is 19.8 Å². The predicted molar refractivity (Wildman–Crippen MR) is 122 cm³/mol. The number of ether oxygens (including phenoxy) is 2. The van der Waals surface area contributed by atoms with E-state index in [9.17, 15) is 17.6 Å². The number of hydrogen-bond donors (Lipinski definition) is 1. The van der Waals surface area contributed by atoms with E-state index in [0.717, 1.165) is 36.6 Å². The summed E-state index contributed by atoms with van der Waals surface area (Å²) in [6.45, 7) is 0.374. The molecule has 3 aromatic rings. The monoisotopic (exact) mass is 473 g/mol. The number of hydrogen-bond acceptors (Lipinski definition) is 3. The molecule has 4 rings (SSSR count). The lowest BCUT2D eigenvalue weighted by Crippen LogP contribution is -2.30. The van der Waals surface area contributed by atoms with Gasteiger partial charge in [0.15, 0.2) is 11.5 Å². The summed E-state index contributed by atoms with van der Waals surface area (Å²) in [5.41, 5.74) is 1.35. The molecule has 0 aromatic heterocycles. The van der Waals surface area contributed by atoms with Gasteiger partial charge in [-0.05, 0) is 54.8 Å². The fourth-order valence-electron chi connectivity index (χ4n) is 4.05. The zero-order chi connectivity index (χ0) is 23.9. The molecule has 0 saturated heterocycles.